The minimum absolute atomic E-state index is 0.0140. The first-order chi connectivity index (χ1) is 19.0. The number of rotatable bonds is 11. The van der Waals surface area contributed by atoms with Crippen molar-refractivity contribution in [3.05, 3.63) is 64.8 Å². The Labute approximate surface area is 240 Å². The van der Waals surface area contributed by atoms with E-state index in [2.05, 4.69) is 9.88 Å². The maximum absolute atomic E-state index is 13.3. The zero-order valence-electron chi connectivity index (χ0n) is 22.1. The van der Waals surface area contributed by atoms with E-state index in [4.69, 9.17) is 16.3 Å². The van der Waals surface area contributed by atoms with Gasteiger partial charge in [0.1, 0.15) is 5.75 Å². The number of likely N-dealkylation sites (tertiary alicyclic amines) is 1. The zero-order valence-corrected chi connectivity index (χ0v) is 23.7. The van der Waals surface area contributed by atoms with Crippen molar-refractivity contribution in [1.82, 2.24) is 9.88 Å². The largest absolute Gasteiger partial charge is 0.497 e. The van der Waals surface area contributed by atoms with Crippen LogP contribution < -0.4 is 4.74 Å². The number of carboxylic acids is 1. The van der Waals surface area contributed by atoms with Crippen molar-refractivity contribution in [3.63, 3.8) is 0 Å². The summed E-state index contributed by atoms with van der Waals surface area (Å²) < 4.78 is 45.2. The number of alkyl halides is 3. The van der Waals surface area contributed by atoms with E-state index in [-0.39, 0.29) is 11.3 Å². The molecule has 1 unspecified atom stereocenters. The quantitative estimate of drug-likeness (QED) is 0.229. The van der Waals surface area contributed by atoms with Gasteiger partial charge in [0, 0.05) is 34.3 Å². The van der Waals surface area contributed by atoms with Crippen molar-refractivity contribution in [2.75, 3.05) is 32.5 Å². The van der Waals surface area contributed by atoms with Crippen LogP contribution in [0.2, 0.25) is 5.02 Å². The Morgan fingerprint density at radius 2 is 1.95 bits per heavy atom. The molecular weight excluding hydrogens is 565 g/mol. The van der Waals surface area contributed by atoms with Crippen molar-refractivity contribution in [2.24, 2.45) is 5.41 Å². The number of methoxy groups -OCH3 is 1. The van der Waals surface area contributed by atoms with Crippen LogP contribution in [-0.4, -0.2) is 58.6 Å². The zero-order chi connectivity index (χ0) is 28.9. The van der Waals surface area contributed by atoms with Gasteiger partial charge in [0.15, 0.2) is 0 Å². The highest BCUT2D eigenvalue weighted by Gasteiger charge is 2.37. The molecule has 11 heteroatoms. The van der Waals surface area contributed by atoms with E-state index in [9.17, 15) is 28.2 Å². The first kappa shape index (κ1) is 30.4. The molecule has 0 aliphatic carbocycles. The lowest BCUT2D eigenvalue weighted by Crippen LogP contribution is -2.42. The summed E-state index contributed by atoms with van der Waals surface area (Å²) in [6, 6.07) is 10.9. The predicted octanol–water partition coefficient (Wildman–Crippen LogP) is 7.08. The van der Waals surface area contributed by atoms with E-state index in [1.165, 1.54) is 30.1 Å². The average molecular weight is 597 g/mol. The molecule has 2 aromatic carbocycles. The Balaban J connectivity index is 1.38. The third-order valence-corrected chi connectivity index (χ3v) is 9.00. The molecule has 1 aliphatic rings. The molecule has 1 atom stereocenters. The van der Waals surface area contributed by atoms with Gasteiger partial charge in [-0.15, -0.1) is 11.8 Å². The summed E-state index contributed by atoms with van der Waals surface area (Å²) in [5.74, 6) is 0.216. The number of hydrogen-bond acceptors (Lipinski definition) is 6. The fraction of sp³-hybridized carbons (Fsp3) is 0.448. The van der Waals surface area contributed by atoms with Gasteiger partial charge in [-0.1, -0.05) is 23.7 Å². The lowest BCUT2D eigenvalue weighted by atomic mass is 9.71. The number of fused-ring (bicyclic) bond motifs is 1. The highest BCUT2D eigenvalue weighted by atomic mass is 35.5. The molecule has 2 N–H and O–H groups in total. The van der Waals surface area contributed by atoms with Gasteiger partial charge in [0.2, 0.25) is 0 Å². The third kappa shape index (κ3) is 7.40. The summed E-state index contributed by atoms with van der Waals surface area (Å²) in [7, 11) is 1.55. The highest BCUT2D eigenvalue weighted by Crippen LogP contribution is 2.43. The van der Waals surface area contributed by atoms with E-state index >= 15 is 0 Å². The molecule has 0 radical (unpaired) electrons. The summed E-state index contributed by atoms with van der Waals surface area (Å²) in [6.07, 6.45) is -1.76. The fourth-order valence-corrected chi connectivity index (χ4v) is 6.78. The standard InChI is InChI=1S/C29H32ClF3N2O4S/c1-39-19-6-7-23-20(16-19)27(22(30)18-34-23)24(36)8-9-28(17-26(37)38)10-12-35(13-11-28)14-15-40-25-5-3-2-4-21(25)29(31,32)33/h2-7,16,18,24,36H,8-15,17H2,1H3,(H,37,38). The maximum Gasteiger partial charge on any atom is 0.417 e. The Bertz CT molecular complexity index is 1330. The molecule has 0 saturated carbocycles. The Morgan fingerprint density at radius 1 is 1.23 bits per heavy atom. The van der Waals surface area contributed by atoms with Gasteiger partial charge in [0.05, 0.1) is 35.7 Å². The molecule has 0 spiro atoms. The van der Waals surface area contributed by atoms with Crippen LogP contribution in [0.15, 0.2) is 53.6 Å². The van der Waals surface area contributed by atoms with Gasteiger partial charge >= 0.3 is 12.1 Å². The van der Waals surface area contributed by atoms with E-state index in [1.54, 1.807) is 31.4 Å². The van der Waals surface area contributed by atoms with Crippen LogP contribution in [0.3, 0.4) is 0 Å². The number of benzene rings is 2. The van der Waals surface area contributed by atoms with Gasteiger partial charge in [-0.2, -0.15) is 13.2 Å². The van der Waals surface area contributed by atoms with Crippen LogP contribution in [-0.2, 0) is 11.0 Å². The number of thioether (sulfide) groups is 1. The molecule has 0 bridgehead atoms. The molecule has 2 heterocycles. The Hall–Kier alpha value is -2.53. The first-order valence-electron chi connectivity index (χ1n) is 13.0. The highest BCUT2D eigenvalue weighted by molar-refractivity contribution is 7.99. The van der Waals surface area contributed by atoms with Crippen LogP contribution >= 0.6 is 23.4 Å². The number of hydrogen-bond donors (Lipinski definition) is 2. The normalized spacial score (nSPS) is 16.6. The van der Waals surface area contributed by atoms with Crippen LogP contribution in [0.25, 0.3) is 10.9 Å². The summed E-state index contributed by atoms with van der Waals surface area (Å²) in [5, 5.41) is 21.9. The van der Waals surface area contributed by atoms with Gasteiger partial charge in [-0.05, 0) is 74.5 Å². The molecule has 4 rings (SSSR count). The van der Waals surface area contributed by atoms with Crippen LogP contribution in [0, 0.1) is 5.41 Å². The van der Waals surface area contributed by atoms with Gasteiger partial charge in [-0.3, -0.25) is 9.78 Å². The number of aromatic nitrogens is 1. The number of halogens is 4. The number of carboxylic acid groups (broad SMARTS) is 1. The average Bonchev–Trinajstić information content (AvgIpc) is 2.92. The fourth-order valence-electron chi connectivity index (χ4n) is 5.42. The van der Waals surface area contributed by atoms with Gasteiger partial charge in [0.25, 0.3) is 0 Å². The summed E-state index contributed by atoms with van der Waals surface area (Å²) in [6.45, 7) is 1.88. The van der Waals surface area contributed by atoms with Crippen LogP contribution in [0.1, 0.15) is 49.3 Å². The number of piperidine rings is 1. The molecule has 1 saturated heterocycles. The lowest BCUT2D eigenvalue weighted by Gasteiger charge is -2.41. The van der Waals surface area contributed by atoms with Crippen molar-refractivity contribution in [3.8, 4) is 5.75 Å². The molecule has 6 nitrogen and oxygen atoms in total. The van der Waals surface area contributed by atoms with E-state index in [1.807, 2.05) is 0 Å². The number of aliphatic hydroxyl groups is 1. The molecule has 216 valence electrons. The van der Waals surface area contributed by atoms with Crippen molar-refractivity contribution < 1.29 is 32.9 Å². The number of carbonyl (C=O) groups is 1. The van der Waals surface area contributed by atoms with Crippen molar-refractivity contribution in [1.29, 1.82) is 0 Å². The SMILES string of the molecule is COc1ccc2ncc(Cl)c(C(O)CCC3(CC(=O)O)CCN(CCSc4ccccc4C(F)(F)F)CC3)c2c1. The number of pyridine rings is 1. The van der Waals surface area contributed by atoms with Gasteiger partial charge < -0.3 is 19.8 Å². The maximum atomic E-state index is 13.3. The molecule has 0 amide bonds. The predicted molar refractivity (Wildman–Crippen MR) is 150 cm³/mol. The van der Waals surface area contributed by atoms with E-state index < -0.39 is 29.2 Å². The second kappa shape index (κ2) is 13.0. The lowest BCUT2D eigenvalue weighted by molar-refractivity contribution is -0.141. The minimum atomic E-state index is -4.39. The summed E-state index contributed by atoms with van der Waals surface area (Å²) >= 11 is 7.63. The Kier molecular flexibility index (Phi) is 9.87. The number of aliphatic hydroxyl groups excluding tert-OH is 1. The minimum Gasteiger partial charge on any atom is -0.497 e. The van der Waals surface area contributed by atoms with E-state index in [0.717, 1.165) is 6.07 Å². The van der Waals surface area contributed by atoms with Crippen molar-refractivity contribution >= 4 is 40.2 Å². The van der Waals surface area contributed by atoms with Gasteiger partial charge in [-0.25, -0.2) is 0 Å². The summed E-state index contributed by atoms with van der Waals surface area (Å²) in [4.78, 5) is 18.5. The monoisotopic (exact) mass is 596 g/mol. The van der Waals surface area contributed by atoms with Crippen molar-refractivity contribution in [2.45, 2.75) is 49.3 Å². The second-order valence-electron chi connectivity index (χ2n) is 10.2. The third-order valence-electron chi connectivity index (χ3n) is 7.65. The molecule has 1 aromatic heterocycles. The second-order valence-corrected chi connectivity index (χ2v) is 11.8. The molecule has 1 aliphatic heterocycles. The first-order valence-corrected chi connectivity index (χ1v) is 14.4. The number of nitrogens with zero attached hydrogens (tertiary/aromatic N) is 2. The van der Waals surface area contributed by atoms with Crippen LogP contribution in [0.4, 0.5) is 13.2 Å². The van der Waals surface area contributed by atoms with Crippen LogP contribution in [0.5, 0.6) is 5.75 Å². The topological polar surface area (TPSA) is 82.9 Å². The molecule has 3 aromatic rings. The molecule has 1 fully saturated rings. The molecular formula is C29H32ClF3N2O4S. The van der Waals surface area contributed by atoms with E-state index in [0.29, 0.717) is 78.3 Å². The smallest absolute Gasteiger partial charge is 0.417 e. The number of aliphatic carboxylic acids is 1. The Morgan fingerprint density at radius 3 is 2.62 bits per heavy atom. The molecule has 40 heavy (non-hydrogen) atoms. The number of ether oxygens (including phenoxy) is 1. The summed E-state index contributed by atoms with van der Waals surface area (Å²) in [5.41, 5.74) is 0.0955.